The van der Waals surface area contributed by atoms with Crippen molar-refractivity contribution in [1.29, 1.82) is 0 Å². The largest absolute Gasteiger partial charge is 0.370 e. The maximum absolute atomic E-state index is 12.1. The lowest BCUT2D eigenvalue weighted by Gasteiger charge is -2.17. The number of aryl methyl sites for hydroxylation is 1. The summed E-state index contributed by atoms with van der Waals surface area (Å²) in [4.78, 5) is 14.3. The summed E-state index contributed by atoms with van der Waals surface area (Å²) in [6.07, 6.45) is 7.55. The molecule has 118 valence electrons. The quantitative estimate of drug-likeness (QED) is 0.745. The summed E-state index contributed by atoms with van der Waals surface area (Å²) in [5, 5.41) is 7.73. The molecule has 0 spiro atoms. The highest BCUT2D eigenvalue weighted by molar-refractivity contribution is 5.43. The number of hydrogen-bond acceptors (Lipinski definition) is 4. The van der Waals surface area contributed by atoms with Crippen molar-refractivity contribution in [1.82, 2.24) is 15.1 Å². The second-order valence-corrected chi connectivity index (χ2v) is 5.92. The molecule has 0 amide bonds. The van der Waals surface area contributed by atoms with Crippen LogP contribution in [-0.2, 0) is 6.54 Å². The van der Waals surface area contributed by atoms with Gasteiger partial charge in [0.1, 0.15) is 0 Å². The number of hydrogen-bond donors (Lipinski definition) is 1. The third kappa shape index (κ3) is 4.84. The number of unbranched alkanes of at least 4 members (excludes halogenated alkanes) is 1. The Morgan fingerprint density at radius 3 is 2.76 bits per heavy atom. The minimum Gasteiger partial charge on any atom is -0.370 e. The van der Waals surface area contributed by atoms with Gasteiger partial charge in [-0.15, -0.1) is 0 Å². The summed E-state index contributed by atoms with van der Waals surface area (Å²) >= 11 is 0. The molecule has 1 aromatic heterocycles. The van der Waals surface area contributed by atoms with Crippen molar-refractivity contribution in [2.45, 2.75) is 58.5 Å². The van der Waals surface area contributed by atoms with Gasteiger partial charge in [-0.2, -0.15) is 5.10 Å². The Hall–Kier alpha value is -1.36. The molecule has 1 N–H and O–H groups in total. The number of rotatable bonds is 8. The van der Waals surface area contributed by atoms with Gasteiger partial charge < -0.3 is 10.2 Å². The molecule has 0 bridgehead atoms. The number of nitrogens with one attached hydrogen (secondary N) is 1. The Balaban J connectivity index is 1.80. The molecule has 0 aromatic carbocycles. The third-order valence-electron chi connectivity index (χ3n) is 4.14. The van der Waals surface area contributed by atoms with Gasteiger partial charge in [0, 0.05) is 31.7 Å². The standard InChI is InChI=1S/C16H28N4O/c1-3-17-14(2)8-4-5-11-20-16(21)12-15(13-18-20)19-9-6-7-10-19/h12-14,17H,3-11H2,1-2H3. The normalized spacial score (nSPS) is 16.4. The molecule has 1 atom stereocenters. The Morgan fingerprint density at radius 1 is 1.33 bits per heavy atom. The van der Waals surface area contributed by atoms with E-state index < -0.39 is 0 Å². The summed E-state index contributed by atoms with van der Waals surface area (Å²) in [6, 6.07) is 2.29. The van der Waals surface area contributed by atoms with Crippen LogP contribution >= 0.6 is 0 Å². The fourth-order valence-corrected chi connectivity index (χ4v) is 2.90. The van der Waals surface area contributed by atoms with Crippen LogP contribution in [0.15, 0.2) is 17.1 Å². The van der Waals surface area contributed by atoms with Crippen LogP contribution in [0.2, 0.25) is 0 Å². The second kappa shape index (κ2) is 8.17. The number of anilines is 1. The highest BCUT2D eigenvalue weighted by atomic mass is 16.1. The van der Waals surface area contributed by atoms with Crippen LogP contribution in [-0.4, -0.2) is 35.5 Å². The van der Waals surface area contributed by atoms with E-state index in [0.717, 1.165) is 51.1 Å². The molecule has 1 fully saturated rings. The van der Waals surface area contributed by atoms with E-state index in [4.69, 9.17) is 0 Å². The molecule has 1 aliphatic rings. The molecule has 1 aromatic rings. The van der Waals surface area contributed by atoms with Crippen LogP contribution in [0.25, 0.3) is 0 Å². The van der Waals surface area contributed by atoms with Gasteiger partial charge in [-0.25, -0.2) is 4.68 Å². The molecule has 21 heavy (non-hydrogen) atoms. The lowest BCUT2D eigenvalue weighted by Crippen LogP contribution is -2.27. The molecule has 1 saturated heterocycles. The first-order valence-corrected chi connectivity index (χ1v) is 8.26. The van der Waals surface area contributed by atoms with Crippen molar-refractivity contribution in [2.24, 2.45) is 0 Å². The van der Waals surface area contributed by atoms with E-state index >= 15 is 0 Å². The van der Waals surface area contributed by atoms with Crippen LogP contribution in [0.4, 0.5) is 5.69 Å². The van der Waals surface area contributed by atoms with E-state index in [0.29, 0.717) is 6.04 Å². The summed E-state index contributed by atoms with van der Waals surface area (Å²) in [6.45, 7) is 8.17. The zero-order chi connectivity index (χ0) is 15.1. The first kappa shape index (κ1) is 16.0. The molecule has 0 aliphatic carbocycles. The minimum absolute atomic E-state index is 0.0270. The smallest absolute Gasteiger partial charge is 0.268 e. The van der Waals surface area contributed by atoms with E-state index in [1.807, 2.05) is 6.20 Å². The van der Waals surface area contributed by atoms with Crippen molar-refractivity contribution in [2.75, 3.05) is 24.5 Å². The summed E-state index contributed by atoms with van der Waals surface area (Å²) in [5.41, 5.74) is 1.01. The Bertz CT molecular complexity index is 479. The highest BCUT2D eigenvalue weighted by Gasteiger charge is 2.13. The van der Waals surface area contributed by atoms with Crippen molar-refractivity contribution in [3.05, 3.63) is 22.6 Å². The lowest BCUT2D eigenvalue weighted by atomic mass is 10.1. The molecular weight excluding hydrogens is 264 g/mol. The number of aromatic nitrogens is 2. The van der Waals surface area contributed by atoms with Crippen LogP contribution in [0, 0.1) is 0 Å². The fourth-order valence-electron chi connectivity index (χ4n) is 2.90. The average molecular weight is 292 g/mol. The first-order valence-electron chi connectivity index (χ1n) is 8.26. The molecule has 1 aliphatic heterocycles. The summed E-state index contributed by atoms with van der Waals surface area (Å²) in [7, 11) is 0. The van der Waals surface area contributed by atoms with Gasteiger partial charge in [0.15, 0.2) is 0 Å². The highest BCUT2D eigenvalue weighted by Crippen LogP contribution is 2.16. The predicted octanol–water partition coefficient (Wildman–Crippen LogP) is 2.01. The fraction of sp³-hybridized carbons (Fsp3) is 0.750. The molecule has 0 radical (unpaired) electrons. The summed E-state index contributed by atoms with van der Waals surface area (Å²) in [5.74, 6) is 0. The van der Waals surface area contributed by atoms with Crippen molar-refractivity contribution in [3.63, 3.8) is 0 Å². The van der Waals surface area contributed by atoms with E-state index in [1.165, 1.54) is 12.8 Å². The van der Waals surface area contributed by atoms with Crippen molar-refractivity contribution >= 4 is 5.69 Å². The van der Waals surface area contributed by atoms with Crippen molar-refractivity contribution in [3.8, 4) is 0 Å². The van der Waals surface area contributed by atoms with Crippen LogP contribution in [0.3, 0.4) is 0 Å². The topological polar surface area (TPSA) is 50.2 Å². The maximum Gasteiger partial charge on any atom is 0.268 e. The van der Waals surface area contributed by atoms with Crippen LogP contribution in [0.1, 0.15) is 46.0 Å². The molecule has 5 nitrogen and oxygen atoms in total. The maximum atomic E-state index is 12.1. The predicted molar refractivity (Wildman–Crippen MR) is 86.9 cm³/mol. The van der Waals surface area contributed by atoms with E-state index in [9.17, 15) is 4.79 Å². The molecule has 0 saturated carbocycles. The number of nitrogens with zero attached hydrogens (tertiary/aromatic N) is 3. The van der Waals surface area contributed by atoms with E-state index in [2.05, 4.69) is 29.2 Å². The third-order valence-corrected chi connectivity index (χ3v) is 4.14. The average Bonchev–Trinajstić information content (AvgIpc) is 2.99. The van der Waals surface area contributed by atoms with Gasteiger partial charge in [-0.05, 0) is 39.2 Å². The minimum atomic E-state index is 0.0270. The van der Waals surface area contributed by atoms with E-state index in [-0.39, 0.29) is 5.56 Å². The van der Waals surface area contributed by atoms with Gasteiger partial charge in [0.2, 0.25) is 0 Å². The van der Waals surface area contributed by atoms with Crippen LogP contribution < -0.4 is 15.8 Å². The lowest BCUT2D eigenvalue weighted by molar-refractivity contribution is 0.467. The Kier molecular flexibility index (Phi) is 6.23. The molecule has 2 rings (SSSR count). The van der Waals surface area contributed by atoms with Crippen molar-refractivity contribution < 1.29 is 0 Å². The van der Waals surface area contributed by atoms with Gasteiger partial charge in [-0.3, -0.25) is 4.79 Å². The first-order chi connectivity index (χ1) is 10.2. The molecule has 1 unspecified atom stereocenters. The zero-order valence-electron chi connectivity index (χ0n) is 13.3. The van der Waals surface area contributed by atoms with Gasteiger partial charge >= 0.3 is 0 Å². The van der Waals surface area contributed by atoms with Gasteiger partial charge in [-0.1, -0.05) is 13.3 Å². The SMILES string of the molecule is CCNC(C)CCCCn1ncc(N2CCCC2)cc1=O. The van der Waals surface area contributed by atoms with Gasteiger partial charge in [0.05, 0.1) is 11.9 Å². The molecule has 5 heteroatoms. The van der Waals surface area contributed by atoms with Crippen LogP contribution in [0.5, 0.6) is 0 Å². The Morgan fingerprint density at radius 2 is 2.10 bits per heavy atom. The molecule has 2 heterocycles. The summed E-state index contributed by atoms with van der Waals surface area (Å²) < 4.78 is 1.59. The monoisotopic (exact) mass is 292 g/mol. The second-order valence-electron chi connectivity index (χ2n) is 5.92. The Labute approximate surface area is 127 Å². The van der Waals surface area contributed by atoms with E-state index in [1.54, 1.807) is 10.7 Å². The zero-order valence-corrected chi connectivity index (χ0v) is 13.3. The molecular formula is C16H28N4O. The van der Waals surface area contributed by atoms with Gasteiger partial charge in [0.25, 0.3) is 5.56 Å².